The molecule has 0 saturated carbocycles. The van der Waals surface area contributed by atoms with Crippen LogP contribution in [-0.2, 0) is 12.8 Å². The maximum atomic E-state index is 13.4. The fraction of sp³-hybridized carbons (Fsp3) is 0.235. The van der Waals surface area contributed by atoms with Crippen LogP contribution in [-0.4, -0.2) is 12.5 Å². The summed E-state index contributed by atoms with van der Waals surface area (Å²) in [6.07, 6.45) is 1.54. The zero-order valence-electron chi connectivity index (χ0n) is 12.1. The smallest absolute Gasteiger partial charge is 0.193 e. The van der Waals surface area contributed by atoms with Crippen molar-refractivity contribution in [1.82, 2.24) is 0 Å². The van der Waals surface area contributed by atoms with Crippen molar-refractivity contribution in [3.63, 3.8) is 0 Å². The van der Waals surface area contributed by atoms with Gasteiger partial charge in [-0.05, 0) is 42.2 Å². The molecule has 21 heavy (non-hydrogen) atoms. The molecule has 0 aliphatic rings. The molecule has 0 spiro atoms. The van der Waals surface area contributed by atoms with E-state index in [1.165, 1.54) is 11.6 Å². The third kappa shape index (κ3) is 4.60. The summed E-state index contributed by atoms with van der Waals surface area (Å²) in [5.74, 6) is 0.143. The lowest BCUT2D eigenvalue weighted by Gasteiger charge is -2.06. The topological polar surface area (TPSA) is 50.4 Å². The Bertz CT molecular complexity index is 606. The summed E-state index contributed by atoms with van der Waals surface area (Å²) in [5.41, 5.74) is 8.65. The molecular weight excluding hydrogens is 265 g/mol. The molecule has 0 heterocycles. The van der Waals surface area contributed by atoms with Gasteiger partial charge in [-0.3, -0.25) is 4.99 Å². The van der Waals surface area contributed by atoms with Crippen LogP contribution in [0, 0.1) is 5.82 Å². The fourth-order valence-corrected chi connectivity index (χ4v) is 2.01. The van der Waals surface area contributed by atoms with Gasteiger partial charge in [0, 0.05) is 12.2 Å². The van der Waals surface area contributed by atoms with Gasteiger partial charge in [0.2, 0.25) is 0 Å². The Hall–Kier alpha value is -2.36. The Balaban J connectivity index is 1.87. The minimum absolute atomic E-state index is 0.200. The monoisotopic (exact) mass is 285 g/mol. The van der Waals surface area contributed by atoms with Crippen LogP contribution >= 0.6 is 0 Å². The van der Waals surface area contributed by atoms with E-state index in [4.69, 9.17) is 5.73 Å². The second-order valence-electron chi connectivity index (χ2n) is 4.78. The Morgan fingerprint density at radius 1 is 1.14 bits per heavy atom. The second kappa shape index (κ2) is 7.43. The minimum atomic E-state index is -0.200. The molecule has 0 unspecified atom stereocenters. The van der Waals surface area contributed by atoms with Crippen LogP contribution in [0.1, 0.15) is 18.1 Å². The Labute approximate surface area is 124 Å². The van der Waals surface area contributed by atoms with E-state index in [0.717, 1.165) is 12.1 Å². The summed E-state index contributed by atoms with van der Waals surface area (Å²) < 4.78 is 13.4. The first-order chi connectivity index (χ1) is 10.2. The largest absolute Gasteiger partial charge is 0.370 e. The normalized spacial score (nSPS) is 11.4. The maximum absolute atomic E-state index is 13.4. The molecule has 0 atom stereocenters. The molecule has 4 heteroatoms. The number of hydrogen-bond donors (Lipinski definition) is 2. The first-order valence-corrected chi connectivity index (χ1v) is 7.08. The molecule has 0 aliphatic heterocycles. The fourth-order valence-electron chi connectivity index (χ4n) is 2.01. The van der Waals surface area contributed by atoms with Gasteiger partial charge in [-0.2, -0.15) is 0 Å². The van der Waals surface area contributed by atoms with Crippen LogP contribution in [0.3, 0.4) is 0 Å². The van der Waals surface area contributed by atoms with Crippen molar-refractivity contribution in [2.75, 3.05) is 11.9 Å². The molecule has 110 valence electrons. The van der Waals surface area contributed by atoms with E-state index < -0.39 is 0 Å². The Morgan fingerprint density at radius 3 is 2.52 bits per heavy atom. The van der Waals surface area contributed by atoms with Crippen LogP contribution in [0.15, 0.2) is 53.5 Å². The van der Waals surface area contributed by atoms with Gasteiger partial charge in [0.25, 0.3) is 0 Å². The average Bonchev–Trinajstić information content (AvgIpc) is 2.50. The number of nitrogens with one attached hydrogen (secondary N) is 1. The summed E-state index contributed by atoms with van der Waals surface area (Å²) in [5, 5.41) is 3.03. The van der Waals surface area contributed by atoms with Crippen LogP contribution in [0.25, 0.3) is 0 Å². The minimum Gasteiger partial charge on any atom is -0.370 e. The van der Waals surface area contributed by atoms with Crippen molar-refractivity contribution >= 4 is 11.6 Å². The first kappa shape index (κ1) is 15.0. The van der Waals surface area contributed by atoms with E-state index >= 15 is 0 Å². The van der Waals surface area contributed by atoms with E-state index in [9.17, 15) is 4.39 Å². The van der Waals surface area contributed by atoms with Gasteiger partial charge >= 0.3 is 0 Å². The molecule has 2 rings (SSSR count). The van der Waals surface area contributed by atoms with Crippen molar-refractivity contribution < 1.29 is 4.39 Å². The third-order valence-corrected chi connectivity index (χ3v) is 3.26. The zero-order valence-corrected chi connectivity index (χ0v) is 12.1. The van der Waals surface area contributed by atoms with Gasteiger partial charge in [0.1, 0.15) is 5.82 Å². The number of hydrogen-bond acceptors (Lipinski definition) is 1. The van der Waals surface area contributed by atoms with E-state index in [2.05, 4.69) is 29.4 Å². The second-order valence-corrected chi connectivity index (χ2v) is 4.78. The van der Waals surface area contributed by atoms with E-state index in [1.54, 1.807) is 12.1 Å². The van der Waals surface area contributed by atoms with Crippen molar-refractivity contribution in [2.24, 2.45) is 10.7 Å². The summed E-state index contributed by atoms with van der Waals surface area (Å²) in [4.78, 5) is 4.22. The predicted molar refractivity (Wildman–Crippen MR) is 86.0 cm³/mol. The lowest BCUT2D eigenvalue weighted by atomic mass is 10.1. The number of nitrogens with two attached hydrogens (primary N) is 1. The SMILES string of the molecule is CCc1ccc(NC(N)=NCCc2ccccc2F)cc1. The zero-order chi connectivity index (χ0) is 15.1. The van der Waals surface area contributed by atoms with Crippen molar-refractivity contribution in [3.8, 4) is 0 Å². The first-order valence-electron chi connectivity index (χ1n) is 7.08. The molecule has 2 aromatic carbocycles. The Kier molecular flexibility index (Phi) is 5.32. The number of guanidine groups is 1. The standard InChI is InChI=1S/C17H20FN3/c1-2-13-7-9-15(10-8-13)21-17(19)20-12-11-14-5-3-4-6-16(14)18/h3-10H,2,11-12H2,1H3,(H3,19,20,21). The molecule has 0 aromatic heterocycles. The van der Waals surface area contributed by atoms with E-state index in [-0.39, 0.29) is 5.82 Å². The van der Waals surface area contributed by atoms with Gasteiger partial charge in [-0.1, -0.05) is 37.3 Å². The quantitative estimate of drug-likeness (QED) is 0.654. The highest BCUT2D eigenvalue weighted by Gasteiger charge is 2.00. The molecule has 0 saturated heterocycles. The summed E-state index contributed by atoms with van der Waals surface area (Å²) >= 11 is 0. The number of nitrogens with zero attached hydrogens (tertiary/aromatic N) is 1. The summed E-state index contributed by atoms with van der Waals surface area (Å²) in [6, 6.07) is 14.8. The number of rotatable bonds is 5. The van der Waals surface area contributed by atoms with Gasteiger partial charge < -0.3 is 11.1 Å². The molecule has 3 nitrogen and oxygen atoms in total. The molecule has 0 aliphatic carbocycles. The number of halogens is 1. The van der Waals surface area contributed by atoms with Crippen LogP contribution < -0.4 is 11.1 Å². The van der Waals surface area contributed by atoms with Gasteiger partial charge in [-0.15, -0.1) is 0 Å². The lowest BCUT2D eigenvalue weighted by Crippen LogP contribution is -2.23. The molecular formula is C17H20FN3. The molecule has 0 amide bonds. The maximum Gasteiger partial charge on any atom is 0.193 e. The van der Waals surface area contributed by atoms with Crippen LogP contribution in [0.5, 0.6) is 0 Å². The van der Waals surface area contributed by atoms with Crippen molar-refractivity contribution in [1.29, 1.82) is 0 Å². The highest BCUT2D eigenvalue weighted by atomic mass is 19.1. The van der Waals surface area contributed by atoms with Gasteiger partial charge in [0.15, 0.2) is 5.96 Å². The summed E-state index contributed by atoms with van der Waals surface area (Å²) in [6.45, 7) is 2.56. The molecule has 2 aromatic rings. The lowest BCUT2D eigenvalue weighted by molar-refractivity contribution is 0.609. The van der Waals surface area contributed by atoms with E-state index in [0.29, 0.717) is 24.5 Å². The molecule has 0 radical (unpaired) electrons. The Morgan fingerprint density at radius 2 is 1.86 bits per heavy atom. The number of aliphatic imine (C=N–C) groups is 1. The number of aryl methyl sites for hydroxylation is 1. The third-order valence-electron chi connectivity index (χ3n) is 3.26. The summed E-state index contributed by atoms with van der Waals surface area (Å²) in [7, 11) is 0. The number of benzene rings is 2. The molecule has 0 fully saturated rings. The van der Waals surface area contributed by atoms with Crippen molar-refractivity contribution in [3.05, 3.63) is 65.5 Å². The highest BCUT2D eigenvalue weighted by molar-refractivity contribution is 5.92. The van der Waals surface area contributed by atoms with Gasteiger partial charge in [-0.25, -0.2) is 4.39 Å². The van der Waals surface area contributed by atoms with E-state index in [1.807, 2.05) is 18.2 Å². The molecule has 3 N–H and O–H groups in total. The average molecular weight is 285 g/mol. The number of anilines is 1. The highest BCUT2D eigenvalue weighted by Crippen LogP contribution is 2.10. The predicted octanol–water partition coefficient (Wildman–Crippen LogP) is 3.36. The van der Waals surface area contributed by atoms with Crippen molar-refractivity contribution in [2.45, 2.75) is 19.8 Å². The van der Waals surface area contributed by atoms with Crippen LogP contribution in [0.4, 0.5) is 10.1 Å². The van der Waals surface area contributed by atoms with Crippen LogP contribution in [0.2, 0.25) is 0 Å². The molecule has 0 bridgehead atoms. The van der Waals surface area contributed by atoms with Gasteiger partial charge in [0.05, 0.1) is 0 Å².